The van der Waals surface area contributed by atoms with E-state index >= 15 is 0 Å². The van der Waals surface area contributed by atoms with Gasteiger partial charge in [0, 0.05) is 18.2 Å². The van der Waals surface area contributed by atoms with E-state index in [-0.39, 0.29) is 6.03 Å². The highest BCUT2D eigenvalue weighted by Gasteiger charge is 2.26. The molecule has 1 aromatic heterocycles. The molecular formula is C16H26N2O2. The molecule has 4 nitrogen and oxygen atoms in total. The second kappa shape index (κ2) is 6.33. The van der Waals surface area contributed by atoms with Crippen molar-refractivity contribution < 1.29 is 9.21 Å². The monoisotopic (exact) mass is 278 g/mol. The van der Waals surface area contributed by atoms with E-state index in [1.807, 2.05) is 19.9 Å². The van der Waals surface area contributed by atoms with Crippen molar-refractivity contribution in [1.82, 2.24) is 10.6 Å². The number of rotatable bonds is 3. The zero-order valence-electron chi connectivity index (χ0n) is 13.0. The third kappa shape index (κ3) is 3.78. The lowest BCUT2D eigenvalue weighted by molar-refractivity contribution is 0.206. The second-order valence-electron chi connectivity index (χ2n) is 6.27. The number of amides is 2. The molecule has 1 saturated carbocycles. The molecule has 0 spiro atoms. The van der Waals surface area contributed by atoms with Gasteiger partial charge in [-0.15, -0.1) is 0 Å². The first-order chi connectivity index (χ1) is 9.45. The Morgan fingerprint density at radius 2 is 2.10 bits per heavy atom. The predicted octanol–water partition coefficient (Wildman–Crippen LogP) is 3.52. The Morgan fingerprint density at radius 3 is 2.70 bits per heavy atom. The molecule has 2 N–H and O–H groups in total. The minimum atomic E-state index is -0.0744. The van der Waals surface area contributed by atoms with Crippen LogP contribution in [0.1, 0.15) is 50.2 Å². The zero-order chi connectivity index (χ0) is 14.7. The van der Waals surface area contributed by atoms with Crippen LogP contribution < -0.4 is 10.6 Å². The van der Waals surface area contributed by atoms with E-state index in [0.717, 1.165) is 29.4 Å². The zero-order valence-corrected chi connectivity index (χ0v) is 13.0. The van der Waals surface area contributed by atoms with Crippen LogP contribution in [0.25, 0.3) is 0 Å². The van der Waals surface area contributed by atoms with Crippen LogP contribution in [0.2, 0.25) is 0 Å². The molecule has 3 atom stereocenters. The fourth-order valence-electron chi connectivity index (χ4n) is 3.13. The summed E-state index contributed by atoms with van der Waals surface area (Å²) < 4.78 is 5.45. The molecule has 0 aliphatic heterocycles. The summed E-state index contributed by atoms with van der Waals surface area (Å²) in [7, 11) is 0. The number of carbonyl (C=O) groups excluding carboxylic acids is 1. The van der Waals surface area contributed by atoms with Crippen molar-refractivity contribution in [3.8, 4) is 0 Å². The van der Waals surface area contributed by atoms with Gasteiger partial charge in [0.25, 0.3) is 0 Å². The molecule has 1 heterocycles. The van der Waals surface area contributed by atoms with Crippen LogP contribution in [0, 0.1) is 25.7 Å². The smallest absolute Gasteiger partial charge is 0.315 e. The summed E-state index contributed by atoms with van der Waals surface area (Å²) >= 11 is 0. The van der Waals surface area contributed by atoms with Gasteiger partial charge in [-0.25, -0.2) is 4.79 Å². The van der Waals surface area contributed by atoms with Crippen molar-refractivity contribution in [2.45, 2.75) is 59.5 Å². The van der Waals surface area contributed by atoms with Crippen molar-refractivity contribution in [2.24, 2.45) is 11.8 Å². The third-order valence-electron chi connectivity index (χ3n) is 4.33. The van der Waals surface area contributed by atoms with Gasteiger partial charge < -0.3 is 15.1 Å². The highest BCUT2D eigenvalue weighted by molar-refractivity contribution is 5.74. The van der Waals surface area contributed by atoms with Crippen molar-refractivity contribution >= 4 is 6.03 Å². The Kier molecular flexibility index (Phi) is 4.73. The molecular weight excluding hydrogens is 252 g/mol. The van der Waals surface area contributed by atoms with Gasteiger partial charge in [0.2, 0.25) is 0 Å². The number of hydrogen-bond donors (Lipinski definition) is 2. The number of nitrogens with one attached hydrogen (secondary N) is 2. The maximum Gasteiger partial charge on any atom is 0.315 e. The molecule has 1 aliphatic rings. The lowest BCUT2D eigenvalue weighted by Crippen LogP contribution is -2.46. The van der Waals surface area contributed by atoms with Gasteiger partial charge in [-0.2, -0.15) is 0 Å². The molecule has 1 aliphatic carbocycles. The van der Waals surface area contributed by atoms with Crippen molar-refractivity contribution in [2.75, 3.05) is 0 Å². The van der Waals surface area contributed by atoms with Crippen LogP contribution >= 0.6 is 0 Å². The lowest BCUT2D eigenvalue weighted by atomic mass is 9.80. The quantitative estimate of drug-likeness (QED) is 0.888. The largest absolute Gasteiger partial charge is 0.466 e. The summed E-state index contributed by atoms with van der Waals surface area (Å²) in [6, 6.07) is 2.20. The topological polar surface area (TPSA) is 54.3 Å². The molecule has 0 radical (unpaired) electrons. The van der Waals surface area contributed by atoms with Crippen LogP contribution in [0.3, 0.4) is 0 Å². The normalized spacial score (nSPS) is 26.3. The van der Waals surface area contributed by atoms with Crippen LogP contribution in [0.4, 0.5) is 4.79 Å². The van der Waals surface area contributed by atoms with Crippen molar-refractivity contribution in [3.05, 3.63) is 23.2 Å². The molecule has 4 heteroatoms. The Labute approximate surface area is 121 Å². The van der Waals surface area contributed by atoms with Crippen molar-refractivity contribution in [1.29, 1.82) is 0 Å². The summed E-state index contributed by atoms with van der Waals surface area (Å²) in [5.41, 5.74) is 1.04. The molecule has 2 rings (SSSR count). The Balaban J connectivity index is 1.79. The number of hydrogen-bond acceptors (Lipinski definition) is 2. The fraction of sp³-hybridized carbons (Fsp3) is 0.688. The Hall–Kier alpha value is -1.45. The molecule has 0 bridgehead atoms. The van der Waals surface area contributed by atoms with E-state index in [1.165, 1.54) is 12.8 Å². The van der Waals surface area contributed by atoms with Crippen LogP contribution in [0.15, 0.2) is 10.5 Å². The van der Waals surface area contributed by atoms with Gasteiger partial charge in [-0.05, 0) is 51.0 Å². The molecule has 20 heavy (non-hydrogen) atoms. The van der Waals surface area contributed by atoms with E-state index in [2.05, 4.69) is 24.5 Å². The summed E-state index contributed by atoms with van der Waals surface area (Å²) in [5, 5.41) is 6.03. The molecule has 0 aromatic carbocycles. The third-order valence-corrected chi connectivity index (χ3v) is 4.33. The Bertz CT molecular complexity index is 467. The van der Waals surface area contributed by atoms with E-state index < -0.39 is 0 Å². The highest BCUT2D eigenvalue weighted by Crippen LogP contribution is 2.28. The van der Waals surface area contributed by atoms with Gasteiger partial charge in [-0.1, -0.05) is 13.8 Å². The second-order valence-corrected chi connectivity index (χ2v) is 6.27. The first-order valence-electron chi connectivity index (χ1n) is 7.56. The number of furan rings is 1. The number of carbonyl (C=O) groups is 1. The maximum absolute atomic E-state index is 12.0. The average Bonchev–Trinajstić information content (AvgIpc) is 2.69. The van der Waals surface area contributed by atoms with E-state index in [0.29, 0.717) is 18.5 Å². The lowest BCUT2D eigenvalue weighted by Gasteiger charge is -2.33. The summed E-state index contributed by atoms with van der Waals surface area (Å²) in [6.07, 6.45) is 3.49. The summed E-state index contributed by atoms with van der Waals surface area (Å²) in [6.45, 7) is 8.88. The predicted molar refractivity (Wildman–Crippen MR) is 79.5 cm³/mol. The summed E-state index contributed by atoms with van der Waals surface area (Å²) in [5.74, 6) is 3.10. The van der Waals surface area contributed by atoms with Gasteiger partial charge in [0.1, 0.15) is 11.5 Å². The van der Waals surface area contributed by atoms with Gasteiger partial charge in [0.05, 0.1) is 0 Å². The maximum atomic E-state index is 12.0. The molecule has 0 saturated heterocycles. The van der Waals surface area contributed by atoms with Crippen LogP contribution in [-0.2, 0) is 6.54 Å². The fourth-order valence-corrected chi connectivity index (χ4v) is 3.13. The Morgan fingerprint density at radius 1 is 1.35 bits per heavy atom. The SMILES string of the molecule is Cc1cc(CNC(=O)NC2CCC(C)CC2C)c(C)o1. The van der Waals surface area contributed by atoms with Gasteiger partial charge in [0.15, 0.2) is 0 Å². The van der Waals surface area contributed by atoms with E-state index in [9.17, 15) is 4.79 Å². The van der Waals surface area contributed by atoms with E-state index in [1.54, 1.807) is 0 Å². The number of urea groups is 1. The molecule has 2 amide bonds. The van der Waals surface area contributed by atoms with Gasteiger partial charge >= 0.3 is 6.03 Å². The average molecular weight is 278 g/mol. The van der Waals surface area contributed by atoms with Crippen LogP contribution in [0.5, 0.6) is 0 Å². The first kappa shape index (κ1) is 14.9. The summed E-state index contributed by atoms with van der Waals surface area (Å²) in [4.78, 5) is 12.0. The minimum Gasteiger partial charge on any atom is -0.466 e. The molecule has 112 valence electrons. The van der Waals surface area contributed by atoms with Crippen LogP contribution in [-0.4, -0.2) is 12.1 Å². The standard InChI is InChI=1S/C16H26N2O2/c1-10-5-6-15(11(2)7-10)18-16(19)17-9-14-8-12(3)20-13(14)4/h8,10-11,15H,5-7,9H2,1-4H3,(H2,17,18,19). The van der Waals surface area contributed by atoms with Gasteiger partial charge in [-0.3, -0.25) is 0 Å². The van der Waals surface area contributed by atoms with E-state index in [4.69, 9.17) is 4.42 Å². The molecule has 1 fully saturated rings. The number of aryl methyl sites for hydroxylation is 2. The highest BCUT2D eigenvalue weighted by atomic mass is 16.3. The van der Waals surface area contributed by atoms with Crippen molar-refractivity contribution in [3.63, 3.8) is 0 Å². The molecule has 1 aromatic rings. The molecule has 3 unspecified atom stereocenters. The first-order valence-corrected chi connectivity index (χ1v) is 7.56. The minimum absolute atomic E-state index is 0.0744.